The summed E-state index contributed by atoms with van der Waals surface area (Å²) in [7, 11) is 0. The smallest absolute Gasteiger partial charge is 0.229 e. The highest BCUT2D eigenvalue weighted by molar-refractivity contribution is 9.26. The molecule has 0 N–H and O–H groups in total. The van der Waals surface area contributed by atoms with Crippen LogP contribution in [0.3, 0.4) is 0 Å². The van der Waals surface area contributed by atoms with Crippen LogP contribution in [0.4, 0.5) is 8.78 Å². The molecular formula is C2HBr3F2. The molecular weight excluding hydrogens is 302 g/mol. The van der Waals surface area contributed by atoms with Crippen molar-refractivity contribution < 1.29 is 8.78 Å². The molecule has 0 spiro atoms. The summed E-state index contributed by atoms with van der Waals surface area (Å²) in [6.45, 7) is 0. The van der Waals surface area contributed by atoms with E-state index in [-0.39, 0.29) is 0 Å². The first-order chi connectivity index (χ1) is 2.94. The van der Waals surface area contributed by atoms with Gasteiger partial charge in [0.2, 0.25) is 5.08 Å². The van der Waals surface area contributed by atoms with E-state index in [0.29, 0.717) is 0 Å². The second-order valence-corrected chi connectivity index (χ2v) is 5.02. The van der Waals surface area contributed by atoms with Crippen LogP contribution in [0.2, 0.25) is 0 Å². The lowest BCUT2D eigenvalue weighted by Crippen LogP contribution is -2.12. The zero-order valence-electron chi connectivity index (χ0n) is 2.97. The van der Waals surface area contributed by atoms with E-state index in [0.717, 1.165) is 0 Å². The number of alkyl halides is 5. The highest BCUT2D eigenvalue weighted by atomic mass is 79.9. The minimum absolute atomic E-state index is 1.72. The summed E-state index contributed by atoms with van der Waals surface area (Å²) in [5.41, 5.74) is 0. The van der Waals surface area contributed by atoms with Gasteiger partial charge >= 0.3 is 0 Å². The van der Waals surface area contributed by atoms with Gasteiger partial charge in [-0.15, -0.1) is 0 Å². The van der Waals surface area contributed by atoms with Gasteiger partial charge in [-0.3, -0.25) is 0 Å². The zero-order valence-corrected chi connectivity index (χ0v) is 7.73. The maximum Gasteiger partial charge on any atom is 0.259 e. The monoisotopic (exact) mass is 300 g/mol. The Balaban J connectivity index is 3.54. The van der Waals surface area contributed by atoms with Gasteiger partial charge in [0.1, 0.15) is 0 Å². The van der Waals surface area contributed by atoms with Crippen LogP contribution in [0.25, 0.3) is 0 Å². The van der Waals surface area contributed by atoms with E-state index >= 15 is 0 Å². The molecule has 0 rings (SSSR count). The summed E-state index contributed by atoms with van der Waals surface area (Å²) in [5, 5.41) is -1.72. The Morgan fingerprint density at radius 1 is 1.43 bits per heavy atom. The Kier molecular flexibility index (Phi) is 3.24. The van der Waals surface area contributed by atoms with Crippen molar-refractivity contribution >= 4 is 47.8 Å². The maximum absolute atomic E-state index is 11.9. The quantitative estimate of drug-likeness (QED) is 0.653. The van der Waals surface area contributed by atoms with Crippen molar-refractivity contribution in [1.82, 2.24) is 0 Å². The van der Waals surface area contributed by atoms with Crippen LogP contribution in [0, 0.1) is 0 Å². The van der Waals surface area contributed by atoms with Gasteiger partial charge in [-0.2, -0.15) is 0 Å². The maximum atomic E-state index is 11.9. The number of hydrogen-bond acceptors (Lipinski definition) is 0. The van der Waals surface area contributed by atoms with E-state index in [4.69, 9.17) is 0 Å². The third-order valence-corrected chi connectivity index (χ3v) is 2.91. The molecule has 0 aromatic heterocycles. The van der Waals surface area contributed by atoms with Gasteiger partial charge in [0.15, 0.2) is 0 Å². The number of halogens is 5. The lowest BCUT2D eigenvalue weighted by Gasteiger charge is -2.07. The molecule has 0 heterocycles. The Hall–Kier alpha value is 1.30. The molecule has 0 aromatic rings. The molecule has 0 aliphatic carbocycles. The van der Waals surface area contributed by atoms with Crippen molar-refractivity contribution in [3.63, 3.8) is 0 Å². The third-order valence-electron chi connectivity index (χ3n) is 0.247. The summed E-state index contributed by atoms with van der Waals surface area (Å²) in [6.07, 6.45) is 0. The molecule has 0 radical (unpaired) electrons. The highest BCUT2D eigenvalue weighted by Crippen LogP contribution is 2.36. The van der Waals surface area contributed by atoms with E-state index in [1.54, 1.807) is 0 Å². The minimum Gasteiger partial charge on any atom is -0.229 e. The van der Waals surface area contributed by atoms with E-state index in [2.05, 4.69) is 47.8 Å². The van der Waals surface area contributed by atoms with Gasteiger partial charge in [-0.05, 0) is 47.8 Å². The fourth-order valence-corrected chi connectivity index (χ4v) is 0. The normalized spacial score (nSPS) is 16.7. The summed E-state index contributed by atoms with van der Waals surface area (Å²) < 4.78 is 21.5. The fraction of sp³-hybridized carbons (Fsp3) is 1.00. The van der Waals surface area contributed by atoms with Crippen LogP contribution < -0.4 is 0 Å². The first-order valence-electron chi connectivity index (χ1n) is 1.29. The van der Waals surface area contributed by atoms with E-state index in [1.165, 1.54) is 0 Å². The lowest BCUT2D eigenvalue weighted by atomic mass is 10.9. The van der Waals surface area contributed by atoms with Crippen molar-refractivity contribution in [2.75, 3.05) is 0 Å². The second kappa shape index (κ2) is 2.73. The highest BCUT2D eigenvalue weighted by Gasteiger charge is 2.30. The molecule has 0 nitrogen and oxygen atoms in total. The molecule has 0 aromatic carbocycles. The Morgan fingerprint density at radius 2 is 1.57 bits per heavy atom. The molecule has 0 fully saturated rings. The SMILES string of the molecule is FC(Br)C(F)(Br)Br. The van der Waals surface area contributed by atoms with Crippen molar-refractivity contribution in [1.29, 1.82) is 0 Å². The Bertz CT molecular complexity index is 56.4. The van der Waals surface area contributed by atoms with Crippen molar-refractivity contribution in [3.05, 3.63) is 0 Å². The molecule has 0 aliphatic rings. The largest absolute Gasteiger partial charge is 0.259 e. The molecule has 1 atom stereocenters. The Labute approximate surface area is 65.0 Å². The number of rotatable bonds is 1. The molecule has 7 heavy (non-hydrogen) atoms. The van der Waals surface area contributed by atoms with Gasteiger partial charge in [0.25, 0.3) is 3.49 Å². The average molecular weight is 303 g/mol. The third kappa shape index (κ3) is 3.85. The van der Waals surface area contributed by atoms with E-state index < -0.39 is 8.57 Å². The van der Waals surface area contributed by atoms with Crippen molar-refractivity contribution in [2.45, 2.75) is 8.57 Å². The topological polar surface area (TPSA) is 0 Å². The van der Waals surface area contributed by atoms with E-state index in [1.807, 2.05) is 0 Å². The van der Waals surface area contributed by atoms with Gasteiger partial charge < -0.3 is 0 Å². The average Bonchev–Trinajstić information content (AvgIpc) is 1.31. The molecule has 0 aliphatic heterocycles. The Morgan fingerprint density at radius 3 is 1.57 bits per heavy atom. The molecule has 0 saturated carbocycles. The molecule has 44 valence electrons. The van der Waals surface area contributed by atoms with Crippen LogP contribution >= 0.6 is 47.8 Å². The standard InChI is InChI=1S/C2HBr3F2/c3-1(6)2(4,5)7/h1H. The van der Waals surface area contributed by atoms with Crippen LogP contribution in [-0.2, 0) is 0 Å². The first kappa shape index (κ1) is 8.30. The van der Waals surface area contributed by atoms with Gasteiger partial charge in [-0.1, -0.05) is 0 Å². The minimum atomic E-state index is -2.12. The summed E-state index contributed by atoms with van der Waals surface area (Å²) in [4.78, 5) is 0. The van der Waals surface area contributed by atoms with Crippen LogP contribution in [0.15, 0.2) is 0 Å². The van der Waals surface area contributed by atoms with Crippen molar-refractivity contribution in [2.24, 2.45) is 0 Å². The van der Waals surface area contributed by atoms with Crippen molar-refractivity contribution in [3.8, 4) is 0 Å². The predicted octanol–water partition coefficient (Wildman–Crippen LogP) is 3.09. The van der Waals surface area contributed by atoms with Crippen LogP contribution in [0.5, 0.6) is 0 Å². The van der Waals surface area contributed by atoms with Crippen LogP contribution in [-0.4, -0.2) is 8.57 Å². The predicted molar refractivity (Wildman–Crippen MR) is 35.5 cm³/mol. The van der Waals surface area contributed by atoms with Crippen LogP contribution in [0.1, 0.15) is 0 Å². The molecule has 0 bridgehead atoms. The second-order valence-electron chi connectivity index (χ2n) is 0.842. The van der Waals surface area contributed by atoms with Gasteiger partial charge in [0.05, 0.1) is 0 Å². The summed E-state index contributed by atoms with van der Waals surface area (Å²) in [5.74, 6) is 0. The zero-order chi connectivity index (χ0) is 6.08. The number of hydrogen-bond donors (Lipinski definition) is 0. The summed E-state index contributed by atoms with van der Waals surface area (Å²) in [6, 6.07) is 0. The van der Waals surface area contributed by atoms with Gasteiger partial charge in [0, 0.05) is 0 Å². The first-order valence-corrected chi connectivity index (χ1v) is 3.79. The fourth-order valence-electron chi connectivity index (χ4n) is 0. The summed E-state index contributed by atoms with van der Waals surface area (Å²) >= 11 is 7.10. The molecule has 1 unspecified atom stereocenters. The van der Waals surface area contributed by atoms with E-state index in [9.17, 15) is 8.78 Å². The van der Waals surface area contributed by atoms with Gasteiger partial charge in [-0.25, -0.2) is 8.78 Å². The molecule has 0 amide bonds. The molecule has 5 heteroatoms. The molecule has 0 saturated heterocycles. The lowest BCUT2D eigenvalue weighted by molar-refractivity contribution is 0.307.